The van der Waals surface area contributed by atoms with E-state index in [0.717, 1.165) is 34.6 Å². The molecule has 0 saturated carbocycles. The molecule has 2 aromatic carbocycles. The zero-order chi connectivity index (χ0) is 19.1. The number of nitrogens with zero attached hydrogens (tertiary/aromatic N) is 2. The molecule has 1 aliphatic heterocycles. The van der Waals surface area contributed by atoms with Crippen molar-refractivity contribution in [2.75, 3.05) is 4.90 Å². The van der Waals surface area contributed by atoms with Crippen molar-refractivity contribution >= 4 is 35.0 Å². The first-order chi connectivity index (χ1) is 12.9. The summed E-state index contributed by atoms with van der Waals surface area (Å²) in [7, 11) is 0. The zero-order valence-corrected chi connectivity index (χ0v) is 15.8. The van der Waals surface area contributed by atoms with E-state index in [4.69, 9.17) is 23.2 Å². The van der Waals surface area contributed by atoms with Crippen LogP contribution in [0.4, 0.5) is 14.5 Å². The van der Waals surface area contributed by atoms with Crippen LogP contribution in [0.2, 0.25) is 10.0 Å². The molecule has 0 fully saturated rings. The normalized spacial score (nSPS) is 13.0. The van der Waals surface area contributed by atoms with Crippen molar-refractivity contribution in [3.8, 4) is 11.3 Å². The second-order valence-corrected chi connectivity index (χ2v) is 7.23. The van der Waals surface area contributed by atoms with Gasteiger partial charge in [0.25, 0.3) is 0 Å². The number of aryl methyl sites for hydroxylation is 1. The van der Waals surface area contributed by atoms with E-state index in [0.29, 0.717) is 27.8 Å². The van der Waals surface area contributed by atoms with Crippen LogP contribution in [0.25, 0.3) is 17.3 Å². The number of pyridine rings is 1. The molecule has 2 heterocycles. The smallest absolute Gasteiger partial charge is 0.159 e. The maximum Gasteiger partial charge on any atom is 0.159 e. The van der Waals surface area contributed by atoms with Crippen molar-refractivity contribution in [1.82, 2.24) is 4.98 Å². The van der Waals surface area contributed by atoms with Gasteiger partial charge < -0.3 is 4.90 Å². The Bertz CT molecular complexity index is 1060. The largest absolute Gasteiger partial charge is 0.343 e. The third kappa shape index (κ3) is 3.55. The molecule has 0 radical (unpaired) electrons. The summed E-state index contributed by atoms with van der Waals surface area (Å²) in [6, 6.07) is 11.1. The minimum absolute atomic E-state index is 0.539. The predicted octanol–water partition coefficient (Wildman–Crippen LogP) is 6.63. The minimum Gasteiger partial charge on any atom is -0.343 e. The molecule has 2 nitrogen and oxygen atoms in total. The molecule has 27 heavy (non-hydrogen) atoms. The molecule has 0 N–H and O–H groups in total. The fraction of sp³-hybridized carbons (Fsp3) is 0.0952. The van der Waals surface area contributed by atoms with Crippen LogP contribution in [0.5, 0.6) is 0 Å². The van der Waals surface area contributed by atoms with Gasteiger partial charge in [-0.25, -0.2) is 8.78 Å². The second-order valence-electron chi connectivity index (χ2n) is 6.36. The van der Waals surface area contributed by atoms with Crippen molar-refractivity contribution in [3.63, 3.8) is 0 Å². The Morgan fingerprint density at radius 1 is 0.963 bits per heavy atom. The second kappa shape index (κ2) is 6.95. The predicted molar refractivity (Wildman–Crippen MR) is 106 cm³/mol. The van der Waals surface area contributed by atoms with Crippen LogP contribution in [-0.2, 0) is 6.54 Å². The number of hydrogen-bond donors (Lipinski definition) is 0. The van der Waals surface area contributed by atoms with E-state index >= 15 is 0 Å². The van der Waals surface area contributed by atoms with Crippen LogP contribution < -0.4 is 4.90 Å². The molecular weight excluding hydrogens is 389 g/mol. The average molecular weight is 403 g/mol. The monoisotopic (exact) mass is 402 g/mol. The first-order valence-corrected chi connectivity index (χ1v) is 9.03. The molecule has 6 heteroatoms. The van der Waals surface area contributed by atoms with Crippen molar-refractivity contribution in [3.05, 3.63) is 87.2 Å². The summed E-state index contributed by atoms with van der Waals surface area (Å²) in [5.41, 5.74) is 4.91. The lowest BCUT2D eigenvalue weighted by Gasteiger charge is -2.27. The maximum absolute atomic E-state index is 13.6. The molecule has 0 amide bonds. The standard InChI is InChI=1S/C21H14Cl2F2N2/c1-12-18-11-27(17-9-15(22)8-16(23)10-17)5-4-13(18)7-21(26-12)14-2-3-19(24)20(25)6-14/h2-10H,11H2,1H3. The van der Waals surface area contributed by atoms with E-state index in [2.05, 4.69) is 4.98 Å². The van der Waals surface area contributed by atoms with E-state index < -0.39 is 11.6 Å². The van der Waals surface area contributed by atoms with E-state index in [1.807, 2.05) is 42.3 Å². The summed E-state index contributed by atoms with van der Waals surface area (Å²) < 4.78 is 26.8. The Morgan fingerprint density at radius 3 is 2.41 bits per heavy atom. The highest BCUT2D eigenvalue weighted by molar-refractivity contribution is 6.35. The molecule has 0 unspecified atom stereocenters. The number of benzene rings is 2. The molecular formula is C21H14Cl2F2N2. The highest BCUT2D eigenvalue weighted by Crippen LogP contribution is 2.32. The number of halogens is 4. The Kier molecular flexibility index (Phi) is 4.62. The van der Waals surface area contributed by atoms with Crippen molar-refractivity contribution in [2.45, 2.75) is 13.5 Å². The van der Waals surface area contributed by atoms with Crippen LogP contribution >= 0.6 is 23.2 Å². The number of rotatable bonds is 2. The van der Waals surface area contributed by atoms with Crippen LogP contribution in [0, 0.1) is 18.6 Å². The van der Waals surface area contributed by atoms with Crippen LogP contribution in [0.15, 0.2) is 48.7 Å². The van der Waals surface area contributed by atoms with Gasteiger partial charge in [-0.1, -0.05) is 23.2 Å². The van der Waals surface area contributed by atoms with E-state index in [1.54, 1.807) is 6.07 Å². The topological polar surface area (TPSA) is 16.1 Å². The van der Waals surface area contributed by atoms with E-state index in [9.17, 15) is 8.78 Å². The summed E-state index contributed by atoms with van der Waals surface area (Å²) in [6.45, 7) is 2.52. The van der Waals surface area contributed by atoms with Gasteiger partial charge in [-0.05, 0) is 61.0 Å². The van der Waals surface area contributed by atoms with Gasteiger partial charge in [0.05, 0.1) is 5.69 Å². The number of aromatic nitrogens is 1. The van der Waals surface area contributed by atoms with Gasteiger partial charge in [0.1, 0.15) is 0 Å². The van der Waals surface area contributed by atoms with Gasteiger partial charge in [-0.2, -0.15) is 0 Å². The Hall–Kier alpha value is -2.43. The molecule has 0 saturated heterocycles. The van der Waals surface area contributed by atoms with Crippen molar-refractivity contribution < 1.29 is 8.78 Å². The zero-order valence-electron chi connectivity index (χ0n) is 14.3. The van der Waals surface area contributed by atoms with Crippen molar-refractivity contribution in [2.24, 2.45) is 0 Å². The Balaban J connectivity index is 1.71. The molecule has 136 valence electrons. The fourth-order valence-corrected chi connectivity index (χ4v) is 3.67. The third-order valence-corrected chi connectivity index (χ3v) is 4.96. The van der Waals surface area contributed by atoms with E-state index in [-0.39, 0.29) is 0 Å². The highest BCUT2D eigenvalue weighted by atomic mass is 35.5. The quantitative estimate of drug-likeness (QED) is 0.477. The van der Waals surface area contributed by atoms with E-state index in [1.165, 1.54) is 6.07 Å². The molecule has 3 aromatic rings. The van der Waals surface area contributed by atoms with Gasteiger partial charge in [-0.3, -0.25) is 4.98 Å². The summed E-state index contributed by atoms with van der Waals surface area (Å²) in [5.74, 6) is -1.76. The van der Waals surface area contributed by atoms with Gasteiger partial charge in [0, 0.05) is 45.3 Å². The number of fused-ring (bicyclic) bond motifs is 1. The summed E-state index contributed by atoms with van der Waals surface area (Å²) in [5, 5.41) is 1.14. The summed E-state index contributed by atoms with van der Waals surface area (Å²) >= 11 is 12.2. The average Bonchev–Trinajstić information content (AvgIpc) is 2.63. The molecule has 1 aliphatic rings. The van der Waals surface area contributed by atoms with Gasteiger partial charge in [0.15, 0.2) is 11.6 Å². The van der Waals surface area contributed by atoms with Gasteiger partial charge >= 0.3 is 0 Å². The van der Waals surface area contributed by atoms with Crippen LogP contribution in [-0.4, -0.2) is 4.98 Å². The number of hydrogen-bond acceptors (Lipinski definition) is 2. The maximum atomic E-state index is 13.6. The molecule has 0 spiro atoms. The fourth-order valence-electron chi connectivity index (χ4n) is 3.16. The highest BCUT2D eigenvalue weighted by Gasteiger charge is 2.18. The first-order valence-electron chi connectivity index (χ1n) is 8.27. The van der Waals surface area contributed by atoms with Crippen molar-refractivity contribution in [1.29, 1.82) is 0 Å². The lowest BCUT2D eigenvalue weighted by Crippen LogP contribution is -2.20. The SMILES string of the molecule is Cc1nc(-c2ccc(F)c(F)c2)cc2c1CN(c1cc(Cl)cc(Cl)c1)C=C2. The molecule has 0 atom stereocenters. The van der Waals surface area contributed by atoms with Crippen LogP contribution in [0.3, 0.4) is 0 Å². The summed E-state index contributed by atoms with van der Waals surface area (Å²) in [4.78, 5) is 6.62. The van der Waals surface area contributed by atoms with Gasteiger partial charge in [0.2, 0.25) is 0 Å². The molecule has 4 rings (SSSR count). The third-order valence-electron chi connectivity index (χ3n) is 4.52. The Labute approximate surface area is 165 Å². The number of anilines is 1. The lowest BCUT2D eigenvalue weighted by molar-refractivity contribution is 0.509. The van der Waals surface area contributed by atoms with Gasteiger partial charge in [-0.15, -0.1) is 0 Å². The Morgan fingerprint density at radius 2 is 1.70 bits per heavy atom. The molecule has 1 aromatic heterocycles. The molecule has 0 bridgehead atoms. The summed E-state index contributed by atoms with van der Waals surface area (Å²) in [6.07, 6.45) is 3.91. The lowest BCUT2D eigenvalue weighted by atomic mass is 9.99. The minimum atomic E-state index is -0.885. The molecule has 0 aliphatic carbocycles. The van der Waals surface area contributed by atoms with Crippen LogP contribution in [0.1, 0.15) is 16.8 Å². The first kappa shape index (κ1) is 18.0.